The summed E-state index contributed by atoms with van der Waals surface area (Å²) in [6.07, 6.45) is 2.24. The van der Waals surface area contributed by atoms with E-state index in [0.29, 0.717) is 11.6 Å². The number of carboxylic acids is 1. The molecule has 3 N–H and O–H groups in total. The van der Waals surface area contributed by atoms with E-state index >= 15 is 0 Å². The summed E-state index contributed by atoms with van der Waals surface area (Å²) in [5.41, 5.74) is 3.46. The number of aliphatic carboxylic acids is 1. The molecule has 2 atom stereocenters. The van der Waals surface area contributed by atoms with Crippen molar-refractivity contribution in [1.82, 2.24) is 24.8 Å². The lowest BCUT2D eigenvalue weighted by atomic mass is 10.1. The lowest BCUT2D eigenvalue weighted by Gasteiger charge is -2.20. The number of pyridine rings is 1. The number of ether oxygens (including phenoxy) is 2. The van der Waals surface area contributed by atoms with Crippen LogP contribution in [0.2, 0.25) is 0 Å². The maximum atomic E-state index is 12.6. The molecule has 0 spiro atoms. The summed E-state index contributed by atoms with van der Waals surface area (Å²) in [5.74, 6) is 1.15. The minimum absolute atomic E-state index is 0.217. The molecule has 2 aromatic heterocycles. The Kier molecular flexibility index (Phi) is 9.23. The van der Waals surface area contributed by atoms with Gasteiger partial charge in [-0.1, -0.05) is 19.4 Å². The number of aryl methyl sites for hydroxylation is 2. The van der Waals surface area contributed by atoms with E-state index in [-0.39, 0.29) is 25.6 Å². The van der Waals surface area contributed by atoms with Gasteiger partial charge in [0.15, 0.2) is 0 Å². The number of nitrogens with one attached hydrogen (secondary N) is 2. The van der Waals surface area contributed by atoms with Gasteiger partial charge in [0.1, 0.15) is 23.4 Å². The number of anilines is 1. The van der Waals surface area contributed by atoms with Crippen molar-refractivity contribution in [3.8, 4) is 17.0 Å². The Labute approximate surface area is 228 Å². The maximum Gasteiger partial charge on any atom is 0.410 e. The maximum absolute atomic E-state index is 12.6. The first-order valence-electron chi connectivity index (χ1n) is 13.5. The molecule has 1 saturated heterocycles. The Morgan fingerprint density at radius 3 is 2.74 bits per heavy atom. The smallest absolute Gasteiger partial charge is 0.410 e. The molecule has 1 amide bonds. The first-order chi connectivity index (χ1) is 18.9. The monoisotopic (exact) mass is 538 g/mol. The van der Waals surface area contributed by atoms with Crippen LogP contribution in [0.25, 0.3) is 22.3 Å². The number of methoxy groups -OCH3 is 1. The van der Waals surface area contributed by atoms with Crippen LogP contribution in [0.15, 0.2) is 30.3 Å². The number of carboxylic acid groups (broad SMARTS) is 1. The average molecular weight is 539 g/mol. The van der Waals surface area contributed by atoms with Crippen LogP contribution < -0.4 is 15.4 Å². The molecule has 3 aromatic rings. The number of likely N-dealkylation sites (tertiary alicyclic amines) is 1. The minimum Gasteiger partial charge on any atom is -0.497 e. The van der Waals surface area contributed by atoms with Gasteiger partial charge in [-0.05, 0) is 51.6 Å². The van der Waals surface area contributed by atoms with E-state index < -0.39 is 18.1 Å². The number of imidazole rings is 1. The SMILES string of the molecule is CCCCOC(=O)N1CC(Nc2cccc(-c3cc(OC)cc4nc(C)n(CCCNC)c34)n2)CC1C(=O)O. The van der Waals surface area contributed by atoms with Crippen LogP contribution in [0.5, 0.6) is 5.75 Å². The van der Waals surface area contributed by atoms with Gasteiger partial charge >= 0.3 is 12.1 Å². The van der Waals surface area contributed by atoms with Crippen molar-refractivity contribution < 1.29 is 24.2 Å². The Morgan fingerprint density at radius 1 is 1.21 bits per heavy atom. The van der Waals surface area contributed by atoms with Crippen LogP contribution in [0, 0.1) is 6.92 Å². The van der Waals surface area contributed by atoms with Crippen LogP contribution in [0.3, 0.4) is 0 Å². The Balaban J connectivity index is 1.60. The molecule has 3 heterocycles. The highest BCUT2D eigenvalue weighted by Gasteiger charge is 2.40. The molecule has 11 nitrogen and oxygen atoms in total. The zero-order chi connectivity index (χ0) is 27.9. The quantitative estimate of drug-likeness (QED) is 0.294. The second kappa shape index (κ2) is 12.8. The molecule has 0 aliphatic carbocycles. The highest BCUT2D eigenvalue weighted by Crippen LogP contribution is 2.34. The molecular weight excluding hydrogens is 500 g/mol. The number of hydrogen-bond acceptors (Lipinski definition) is 8. The fraction of sp³-hybridized carbons (Fsp3) is 0.500. The number of amides is 1. The lowest BCUT2D eigenvalue weighted by Crippen LogP contribution is -2.41. The standard InChI is InChI=1S/C28H38N6O5/c1-5-6-13-39-28(37)34-17-19(14-24(34)27(35)36)31-25-10-7-9-22(32-25)21-15-20(38-4)16-23-26(21)33(18(2)30-23)12-8-11-29-3/h7,9-10,15-16,19,24,29H,5-6,8,11-14,17H2,1-4H3,(H,31,32)(H,35,36). The van der Waals surface area contributed by atoms with E-state index in [1.54, 1.807) is 7.11 Å². The Bertz CT molecular complexity index is 1310. The molecule has 1 aromatic carbocycles. The summed E-state index contributed by atoms with van der Waals surface area (Å²) in [7, 11) is 3.57. The molecule has 4 rings (SSSR count). The van der Waals surface area contributed by atoms with Crippen LogP contribution in [0.4, 0.5) is 10.6 Å². The van der Waals surface area contributed by atoms with Gasteiger partial charge in [0.2, 0.25) is 0 Å². The number of benzene rings is 1. The highest BCUT2D eigenvalue weighted by molar-refractivity contribution is 5.93. The normalized spacial score (nSPS) is 17.0. The first kappa shape index (κ1) is 28.2. The minimum atomic E-state index is -1.05. The number of nitrogens with zero attached hydrogens (tertiary/aromatic N) is 4. The summed E-state index contributed by atoms with van der Waals surface area (Å²) in [4.78, 5) is 35.4. The number of hydrogen-bond donors (Lipinski definition) is 3. The van der Waals surface area contributed by atoms with Gasteiger partial charge in [0.25, 0.3) is 0 Å². The van der Waals surface area contributed by atoms with Gasteiger partial charge in [0, 0.05) is 37.2 Å². The van der Waals surface area contributed by atoms with E-state index in [1.165, 1.54) is 4.90 Å². The Morgan fingerprint density at radius 2 is 2.03 bits per heavy atom. The fourth-order valence-corrected chi connectivity index (χ4v) is 5.00. The molecule has 0 saturated carbocycles. The van der Waals surface area contributed by atoms with Crippen molar-refractivity contribution >= 4 is 28.9 Å². The van der Waals surface area contributed by atoms with Crippen molar-refractivity contribution in [2.45, 2.75) is 58.2 Å². The summed E-state index contributed by atoms with van der Waals surface area (Å²) in [6.45, 7) is 6.20. The second-order valence-corrected chi connectivity index (χ2v) is 9.77. The van der Waals surface area contributed by atoms with Gasteiger partial charge in [-0.2, -0.15) is 0 Å². The van der Waals surface area contributed by atoms with Gasteiger partial charge < -0.3 is 29.8 Å². The molecule has 0 bridgehead atoms. The van der Waals surface area contributed by atoms with E-state index in [1.807, 2.05) is 51.2 Å². The largest absolute Gasteiger partial charge is 0.497 e. The summed E-state index contributed by atoms with van der Waals surface area (Å²) < 4.78 is 13.1. The first-order valence-corrected chi connectivity index (χ1v) is 13.5. The molecule has 39 heavy (non-hydrogen) atoms. The second-order valence-electron chi connectivity index (χ2n) is 9.77. The lowest BCUT2D eigenvalue weighted by molar-refractivity contribution is -0.141. The molecule has 1 aliphatic rings. The van der Waals surface area contributed by atoms with Crippen LogP contribution in [-0.4, -0.2) is 82.5 Å². The number of fused-ring (bicyclic) bond motifs is 1. The molecule has 2 unspecified atom stereocenters. The van der Waals surface area contributed by atoms with E-state index in [4.69, 9.17) is 19.4 Å². The van der Waals surface area contributed by atoms with E-state index in [0.717, 1.165) is 60.5 Å². The van der Waals surface area contributed by atoms with Gasteiger partial charge in [-0.15, -0.1) is 0 Å². The molecular formula is C28H38N6O5. The summed E-state index contributed by atoms with van der Waals surface area (Å²) in [5, 5.41) is 16.3. The van der Waals surface area contributed by atoms with Crippen molar-refractivity contribution in [2.24, 2.45) is 0 Å². The molecule has 1 aliphatic heterocycles. The topological polar surface area (TPSA) is 131 Å². The number of aromatic nitrogens is 3. The number of rotatable bonds is 12. The molecule has 1 fully saturated rings. The number of unbranched alkanes of at least 4 members (excludes halogenated alkanes) is 1. The number of carbonyl (C=O) groups excluding carboxylic acids is 1. The van der Waals surface area contributed by atoms with Gasteiger partial charge in [-0.25, -0.2) is 19.6 Å². The van der Waals surface area contributed by atoms with Gasteiger partial charge in [0.05, 0.1) is 30.4 Å². The van der Waals surface area contributed by atoms with Crippen molar-refractivity contribution in [1.29, 1.82) is 0 Å². The van der Waals surface area contributed by atoms with Crippen molar-refractivity contribution in [3.05, 3.63) is 36.2 Å². The number of carbonyl (C=O) groups is 2. The zero-order valence-electron chi connectivity index (χ0n) is 23.1. The van der Waals surface area contributed by atoms with Crippen LogP contribution in [-0.2, 0) is 16.1 Å². The van der Waals surface area contributed by atoms with E-state index in [2.05, 4.69) is 15.2 Å². The predicted octanol–water partition coefficient (Wildman–Crippen LogP) is 3.90. The van der Waals surface area contributed by atoms with Crippen LogP contribution in [0.1, 0.15) is 38.4 Å². The third-order valence-electron chi connectivity index (χ3n) is 6.97. The average Bonchev–Trinajstić information content (AvgIpc) is 3.49. The van der Waals surface area contributed by atoms with E-state index in [9.17, 15) is 14.7 Å². The Hall–Kier alpha value is -3.86. The summed E-state index contributed by atoms with van der Waals surface area (Å²) >= 11 is 0. The summed E-state index contributed by atoms with van der Waals surface area (Å²) in [6, 6.07) is 8.35. The molecule has 210 valence electrons. The third-order valence-corrected chi connectivity index (χ3v) is 6.97. The zero-order valence-corrected chi connectivity index (χ0v) is 23.1. The van der Waals surface area contributed by atoms with Gasteiger partial charge in [-0.3, -0.25) is 4.90 Å². The highest BCUT2D eigenvalue weighted by atomic mass is 16.6. The molecule has 11 heteroatoms. The van der Waals surface area contributed by atoms with Crippen molar-refractivity contribution in [2.75, 3.05) is 39.2 Å². The van der Waals surface area contributed by atoms with Crippen molar-refractivity contribution in [3.63, 3.8) is 0 Å². The molecule has 0 radical (unpaired) electrons. The third kappa shape index (κ3) is 6.42. The predicted molar refractivity (Wildman–Crippen MR) is 149 cm³/mol. The fourth-order valence-electron chi connectivity index (χ4n) is 5.00. The van der Waals surface area contributed by atoms with Crippen LogP contribution >= 0.6 is 0 Å².